The third kappa shape index (κ3) is 3.39. The smallest absolute Gasteiger partial charge is 0.321 e. The molecule has 1 N–H and O–H groups in total. The Kier molecular flexibility index (Phi) is 4.99. The number of carboxylic acids is 1. The molecule has 7 heteroatoms. The van der Waals surface area contributed by atoms with Crippen LogP contribution in [0.25, 0.3) is 0 Å². The average molecular weight is 364 g/mol. The van der Waals surface area contributed by atoms with E-state index in [1.54, 1.807) is 39.0 Å². The zero-order valence-corrected chi connectivity index (χ0v) is 14.2. The molecule has 0 spiro atoms. The summed E-state index contributed by atoms with van der Waals surface area (Å²) >= 11 is 3.20. The van der Waals surface area contributed by atoms with Crippen molar-refractivity contribution < 1.29 is 18.3 Å². The van der Waals surface area contributed by atoms with Crippen LogP contribution in [0, 0.1) is 0 Å². The van der Waals surface area contributed by atoms with E-state index in [0.717, 1.165) is 4.31 Å². The van der Waals surface area contributed by atoms with Gasteiger partial charge in [-0.3, -0.25) is 4.79 Å². The Bertz CT molecular complexity index is 607. The van der Waals surface area contributed by atoms with E-state index in [0.29, 0.717) is 4.47 Å². The molecular weight excluding hydrogens is 346 g/mol. The second-order valence-electron chi connectivity index (χ2n) is 5.42. The maximum absolute atomic E-state index is 12.8. The molecular formula is C13H18BrNO4S. The van der Waals surface area contributed by atoms with Crippen molar-refractivity contribution in [2.24, 2.45) is 0 Å². The van der Waals surface area contributed by atoms with Crippen LogP contribution in [0.5, 0.6) is 0 Å². The first-order chi connectivity index (χ1) is 8.99. The molecule has 0 saturated carbocycles. The number of benzene rings is 1. The molecule has 0 aliphatic heterocycles. The minimum absolute atomic E-state index is 0.0584. The zero-order valence-electron chi connectivity index (χ0n) is 11.8. The first-order valence-corrected chi connectivity index (χ1v) is 8.24. The van der Waals surface area contributed by atoms with Gasteiger partial charge in [-0.15, -0.1) is 0 Å². The summed E-state index contributed by atoms with van der Waals surface area (Å²) in [6, 6.07) is 5.20. The van der Waals surface area contributed by atoms with Crippen LogP contribution in [-0.4, -0.2) is 35.4 Å². The highest BCUT2D eigenvalue weighted by molar-refractivity contribution is 9.10. The standard InChI is InChI=1S/C13H18BrNO4S/c1-9(12(16)17)15(13(2,3)4)20(18,19)11-8-6-5-7-10(11)14/h5-9H,1-4H3,(H,16,17)/t9-/m0/s1. The Morgan fingerprint density at radius 2 is 1.80 bits per heavy atom. The lowest BCUT2D eigenvalue weighted by molar-refractivity contribution is -0.142. The number of carbonyl (C=O) groups is 1. The highest BCUT2D eigenvalue weighted by Crippen LogP contribution is 2.31. The first kappa shape index (κ1) is 17.1. The van der Waals surface area contributed by atoms with E-state index in [-0.39, 0.29) is 4.90 Å². The Labute approximate surface area is 127 Å². The summed E-state index contributed by atoms with van der Waals surface area (Å²) in [5.41, 5.74) is -0.855. The average Bonchev–Trinajstić information content (AvgIpc) is 2.26. The van der Waals surface area contributed by atoms with Gasteiger partial charge in [0.2, 0.25) is 10.0 Å². The molecule has 1 aromatic rings. The maximum atomic E-state index is 12.8. The van der Waals surface area contributed by atoms with Crippen LogP contribution in [0.2, 0.25) is 0 Å². The number of hydrogen-bond acceptors (Lipinski definition) is 3. The Morgan fingerprint density at radius 3 is 2.20 bits per heavy atom. The van der Waals surface area contributed by atoms with Crippen molar-refractivity contribution in [3.05, 3.63) is 28.7 Å². The zero-order chi connectivity index (χ0) is 15.7. The molecule has 0 heterocycles. The summed E-state index contributed by atoms with van der Waals surface area (Å²) < 4.78 is 27.0. The van der Waals surface area contributed by atoms with Crippen molar-refractivity contribution in [1.82, 2.24) is 4.31 Å². The van der Waals surface area contributed by atoms with Crippen molar-refractivity contribution in [3.8, 4) is 0 Å². The van der Waals surface area contributed by atoms with Crippen LogP contribution in [0.15, 0.2) is 33.6 Å². The van der Waals surface area contributed by atoms with Gasteiger partial charge in [0.05, 0.1) is 4.90 Å². The predicted octanol–water partition coefficient (Wildman–Crippen LogP) is 2.71. The molecule has 0 saturated heterocycles. The van der Waals surface area contributed by atoms with Gasteiger partial charge in [-0.1, -0.05) is 12.1 Å². The summed E-state index contributed by atoms with van der Waals surface area (Å²) in [5, 5.41) is 9.18. The van der Waals surface area contributed by atoms with Gasteiger partial charge >= 0.3 is 5.97 Å². The van der Waals surface area contributed by atoms with Crippen molar-refractivity contribution in [2.45, 2.75) is 44.2 Å². The number of rotatable bonds is 4. The van der Waals surface area contributed by atoms with Crippen molar-refractivity contribution >= 4 is 31.9 Å². The molecule has 0 unspecified atom stereocenters. The lowest BCUT2D eigenvalue weighted by atomic mass is 10.1. The van der Waals surface area contributed by atoms with Gasteiger partial charge in [0.25, 0.3) is 0 Å². The van der Waals surface area contributed by atoms with Crippen LogP contribution in [0.3, 0.4) is 0 Å². The van der Waals surface area contributed by atoms with Crippen LogP contribution in [-0.2, 0) is 14.8 Å². The fourth-order valence-electron chi connectivity index (χ4n) is 2.01. The van der Waals surface area contributed by atoms with Gasteiger partial charge in [0.15, 0.2) is 0 Å². The summed E-state index contributed by atoms with van der Waals surface area (Å²) in [6.45, 7) is 6.37. The number of aliphatic carboxylic acids is 1. The lowest BCUT2D eigenvalue weighted by Gasteiger charge is -2.37. The van der Waals surface area contributed by atoms with Gasteiger partial charge in [-0.05, 0) is 55.8 Å². The molecule has 20 heavy (non-hydrogen) atoms. The normalized spacial score (nSPS) is 14.3. The largest absolute Gasteiger partial charge is 0.480 e. The van der Waals surface area contributed by atoms with E-state index in [1.165, 1.54) is 13.0 Å². The second-order valence-corrected chi connectivity index (χ2v) is 8.05. The van der Waals surface area contributed by atoms with Crippen molar-refractivity contribution in [3.63, 3.8) is 0 Å². The van der Waals surface area contributed by atoms with E-state index in [2.05, 4.69) is 15.9 Å². The monoisotopic (exact) mass is 363 g/mol. The summed E-state index contributed by atoms with van der Waals surface area (Å²) in [7, 11) is -3.93. The van der Waals surface area contributed by atoms with Gasteiger partial charge < -0.3 is 5.11 Å². The minimum atomic E-state index is -3.93. The first-order valence-electron chi connectivity index (χ1n) is 6.01. The van der Waals surface area contributed by atoms with E-state index in [1.807, 2.05) is 0 Å². The Morgan fingerprint density at radius 1 is 1.30 bits per heavy atom. The van der Waals surface area contributed by atoms with E-state index >= 15 is 0 Å². The summed E-state index contributed by atoms with van der Waals surface area (Å²) in [4.78, 5) is 11.3. The molecule has 5 nitrogen and oxygen atoms in total. The summed E-state index contributed by atoms with van der Waals surface area (Å²) in [5.74, 6) is -1.18. The van der Waals surface area contributed by atoms with E-state index < -0.39 is 27.6 Å². The third-order valence-electron chi connectivity index (χ3n) is 2.74. The van der Waals surface area contributed by atoms with Gasteiger partial charge in [-0.2, -0.15) is 4.31 Å². The molecule has 1 rings (SSSR count). The molecule has 0 aliphatic carbocycles. The third-order valence-corrected chi connectivity index (χ3v) is 5.99. The SMILES string of the molecule is C[C@@H](C(=O)O)N(C(C)(C)C)S(=O)(=O)c1ccccc1Br. The Hall–Kier alpha value is -0.920. The quantitative estimate of drug-likeness (QED) is 0.892. The topological polar surface area (TPSA) is 74.7 Å². The van der Waals surface area contributed by atoms with E-state index in [4.69, 9.17) is 0 Å². The summed E-state index contributed by atoms with van der Waals surface area (Å²) in [6.07, 6.45) is 0. The molecule has 1 atom stereocenters. The van der Waals surface area contributed by atoms with Crippen molar-refractivity contribution in [2.75, 3.05) is 0 Å². The number of halogens is 1. The van der Waals surface area contributed by atoms with Crippen LogP contribution < -0.4 is 0 Å². The van der Waals surface area contributed by atoms with Gasteiger partial charge in [0, 0.05) is 10.0 Å². The second kappa shape index (κ2) is 5.83. The van der Waals surface area contributed by atoms with Crippen LogP contribution in [0.4, 0.5) is 0 Å². The lowest BCUT2D eigenvalue weighted by Crippen LogP contribution is -2.53. The molecule has 0 radical (unpaired) electrons. The Balaban J connectivity index is 3.49. The van der Waals surface area contributed by atoms with Gasteiger partial charge in [-0.25, -0.2) is 8.42 Å². The molecule has 0 amide bonds. The van der Waals surface area contributed by atoms with Gasteiger partial charge in [0.1, 0.15) is 6.04 Å². The fourth-order valence-corrected chi connectivity index (χ4v) is 4.91. The predicted molar refractivity (Wildman–Crippen MR) is 80.0 cm³/mol. The molecule has 0 fully saturated rings. The molecule has 1 aromatic carbocycles. The highest BCUT2D eigenvalue weighted by Gasteiger charge is 2.41. The fraction of sp³-hybridized carbons (Fsp3) is 0.462. The molecule has 0 aromatic heterocycles. The number of carboxylic acid groups (broad SMARTS) is 1. The number of hydrogen-bond donors (Lipinski definition) is 1. The molecule has 0 bridgehead atoms. The molecule has 0 aliphatic rings. The molecule has 112 valence electrons. The van der Waals surface area contributed by atoms with Crippen molar-refractivity contribution in [1.29, 1.82) is 0 Å². The minimum Gasteiger partial charge on any atom is -0.480 e. The van der Waals surface area contributed by atoms with E-state index in [9.17, 15) is 18.3 Å². The highest BCUT2D eigenvalue weighted by atomic mass is 79.9. The van der Waals surface area contributed by atoms with Crippen LogP contribution >= 0.6 is 15.9 Å². The van der Waals surface area contributed by atoms with Crippen LogP contribution in [0.1, 0.15) is 27.7 Å². The maximum Gasteiger partial charge on any atom is 0.321 e. The number of nitrogens with zero attached hydrogens (tertiary/aromatic N) is 1. The number of sulfonamides is 1.